The van der Waals surface area contributed by atoms with Crippen LogP contribution in [-0.4, -0.2) is 27.8 Å². The van der Waals surface area contributed by atoms with Crippen molar-refractivity contribution in [1.29, 1.82) is 0 Å². The maximum Gasteiger partial charge on any atom is 0.300 e. The monoisotopic (exact) mass is 458 g/mol. The van der Waals surface area contributed by atoms with E-state index in [2.05, 4.69) is 0 Å². The van der Waals surface area contributed by atoms with Crippen LogP contribution >= 0.6 is 0 Å². The number of rotatable bonds is 6. The van der Waals surface area contributed by atoms with Crippen molar-refractivity contribution < 1.29 is 24.4 Å². The summed E-state index contributed by atoms with van der Waals surface area (Å²) in [5.74, 6) is -1.63. The van der Waals surface area contributed by atoms with Crippen molar-refractivity contribution in [2.75, 3.05) is 4.90 Å². The van der Waals surface area contributed by atoms with Crippen LogP contribution in [0.1, 0.15) is 31.0 Å². The summed E-state index contributed by atoms with van der Waals surface area (Å²) < 4.78 is 5.79. The first-order chi connectivity index (χ1) is 16.3. The topological polar surface area (TPSA) is 110 Å². The van der Waals surface area contributed by atoms with Crippen molar-refractivity contribution in [3.8, 4) is 5.75 Å². The van der Waals surface area contributed by atoms with Gasteiger partial charge in [-0.05, 0) is 43.7 Å². The second-order valence-corrected chi connectivity index (χ2v) is 8.05. The first kappa shape index (κ1) is 22.7. The van der Waals surface area contributed by atoms with E-state index in [4.69, 9.17) is 4.74 Å². The largest absolute Gasteiger partial charge is 0.507 e. The number of carbonyl (C=O) groups is 2. The molecule has 1 atom stereocenters. The zero-order chi connectivity index (χ0) is 24.4. The first-order valence-electron chi connectivity index (χ1n) is 10.7. The van der Waals surface area contributed by atoms with Crippen LogP contribution < -0.4 is 9.64 Å². The quantitative estimate of drug-likeness (QED) is 0.183. The summed E-state index contributed by atoms with van der Waals surface area (Å²) in [7, 11) is 0. The van der Waals surface area contributed by atoms with Gasteiger partial charge in [-0.15, -0.1) is 0 Å². The van der Waals surface area contributed by atoms with Gasteiger partial charge in [0.15, 0.2) is 0 Å². The smallest absolute Gasteiger partial charge is 0.300 e. The fourth-order valence-corrected chi connectivity index (χ4v) is 3.96. The van der Waals surface area contributed by atoms with Crippen LogP contribution in [0, 0.1) is 10.1 Å². The zero-order valence-corrected chi connectivity index (χ0v) is 18.5. The molecule has 172 valence electrons. The van der Waals surface area contributed by atoms with Gasteiger partial charge in [0, 0.05) is 23.4 Å². The summed E-state index contributed by atoms with van der Waals surface area (Å²) in [6, 6.07) is 20.0. The van der Waals surface area contributed by atoms with Crippen LogP contribution in [0.5, 0.6) is 5.75 Å². The van der Waals surface area contributed by atoms with Crippen LogP contribution in [0.2, 0.25) is 0 Å². The molecule has 1 amide bonds. The molecule has 1 N–H and O–H groups in total. The molecular weight excluding hydrogens is 436 g/mol. The van der Waals surface area contributed by atoms with Gasteiger partial charge in [-0.3, -0.25) is 24.6 Å². The molecule has 0 radical (unpaired) electrons. The average Bonchev–Trinajstić information content (AvgIpc) is 3.09. The van der Waals surface area contributed by atoms with Gasteiger partial charge in [0.2, 0.25) is 0 Å². The molecule has 1 unspecified atom stereocenters. The minimum atomic E-state index is -0.961. The molecule has 0 aliphatic carbocycles. The van der Waals surface area contributed by atoms with Crippen molar-refractivity contribution >= 4 is 28.8 Å². The standard InChI is InChI=1S/C26H22N2O6/c1-16(2)34-21-13-7-8-17(15-21)23-22(24(29)18-9-6-12-20(14-18)28(32)33)25(30)26(31)27(23)19-10-4-3-5-11-19/h3-16,23,29H,1-2H3/b24-22-. The highest BCUT2D eigenvalue weighted by atomic mass is 16.6. The summed E-state index contributed by atoms with van der Waals surface area (Å²) in [6.07, 6.45) is -0.0967. The third-order valence-electron chi connectivity index (χ3n) is 5.35. The highest BCUT2D eigenvalue weighted by molar-refractivity contribution is 6.51. The molecular formula is C26H22N2O6. The van der Waals surface area contributed by atoms with Gasteiger partial charge in [0.1, 0.15) is 11.5 Å². The number of anilines is 1. The Kier molecular flexibility index (Phi) is 6.14. The Morgan fingerprint density at radius 1 is 1.00 bits per heavy atom. The molecule has 0 spiro atoms. The Hall–Kier alpha value is -4.46. The molecule has 8 nitrogen and oxygen atoms in total. The van der Waals surface area contributed by atoms with E-state index < -0.39 is 28.4 Å². The van der Waals surface area contributed by atoms with E-state index in [-0.39, 0.29) is 22.9 Å². The average molecular weight is 458 g/mol. The lowest BCUT2D eigenvalue weighted by Crippen LogP contribution is -2.29. The third-order valence-corrected chi connectivity index (χ3v) is 5.35. The molecule has 0 bridgehead atoms. The minimum absolute atomic E-state index is 0.0693. The number of ketones is 1. The van der Waals surface area contributed by atoms with Gasteiger partial charge in [0.05, 0.1) is 22.6 Å². The molecule has 1 aliphatic rings. The second kappa shape index (κ2) is 9.19. The number of nitro groups is 1. The number of carbonyl (C=O) groups excluding carboxylic acids is 2. The number of amides is 1. The maximum absolute atomic E-state index is 13.2. The van der Waals surface area contributed by atoms with Gasteiger partial charge in [-0.2, -0.15) is 0 Å². The van der Waals surface area contributed by atoms with E-state index in [0.717, 1.165) is 0 Å². The Morgan fingerprint density at radius 2 is 1.71 bits per heavy atom. The van der Waals surface area contributed by atoms with Crippen molar-refractivity contribution in [1.82, 2.24) is 0 Å². The number of Topliss-reactive ketones (excluding diaryl/α,β-unsaturated/α-hetero) is 1. The molecule has 8 heteroatoms. The van der Waals surface area contributed by atoms with Crippen molar-refractivity contribution in [2.24, 2.45) is 0 Å². The van der Waals surface area contributed by atoms with E-state index in [9.17, 15) is 24.8 Å². The van der Waals surface area contributed by atoms with Crippen LogP contribution in [0.15, 0.2) is 84.4 Å². The molecule has 1 aliphatic heterocycles. The number of hydrogen-bond acceptors (Lipinski definition) is 6. The Balaban J connectivity index is 1.93. The second-order valence-electron chi connectivity index (χ2n) is 8.05. The molecule has 1 saturated heterocycles. The fourth-order valence-electron chi connectivity index (χ4n) is 3.96. The normalized spacial score (nSPS) is 17.3. The van der Waals surface area contributed by atoms with Crippen molar-refractivity contribution in [2.45, 2.75) is 26.0 Å². The lowest BCUT2D eigenvalue weighted by Gasteiger charge is -2.26. The van der Waals surface area contributed by atoms with E-state index >= 15 is 0 Å². The number of aliphatic hydroxyl groups is 1. The first-order valence-corrected chi connectivity index (χ1v) is 10.7. The Labute approximate surface area is 195 Å². The van der Waals surface area contributed by atoms with Gasteiger partial charge in [-0.25, -0.2) is 0 Å². The highest BCUT2D eigenvalue weighted by Gasteiger charge is 2.47. The number of ether oxygens (including phenoxy) is 1. The minimum Gasteiger partial charge on any atom is -0.507 e. The molecule has 3 aromatic carbocycles. The zero-order valence-electron chi connectivity index (χ0n) is 18.5. The summed E-state index contributed by atoms with van der Waals surface area (Å²) in [5, 5.41) is 22.4. The molecule has 0 saturated carbocycles. The molecule has 1 heterocycles. The summed E-state index contributed by atoms with van der Waals surface area (Å²) >= 11 is 0. The summed E-state index contributed by atoms with van der Waals surface area (Å²) in [6.45, 7) is 3.76. The SMILES string of the molecule is CC(C)Oc1cccc(C2/C(=C(/O)c3cccc([N+](=O)[O-])c3)C(=O)C(=O)N2c2ccccc2)c1. The number of non-ortho nitro benzene ring substituents is 1. The molecule has 1 fully saturated rings. The Bertz CT molecular complexity index is 1300. The summed E-state index contributed by atoms with van der Waals surface area (Å²) in [4.78, 5) is 38.3. The Morgan fingerprint density at radius 3 is 2.38 bits per heavy atom. The predicted octanol–water partition coefficient (Wildman–Crippen LogP) is 5.01. The van der Waals surface area contributed by atoms with E-state index in [0.29, 0.717) is 17.0 Å². The van der Waals surface area contributed by atoms with E-state index in [1.54, 1.807) is 54.6 Å². The third kappa shape index (κ3) is 4.25. The summed E-state index contributed by atoms with van der Waals surface area (Å²) in [5.41, 5.74) is 0.692. The molecule has 0 aromatic heterocycles. The van der Waals surface area contributed by atoms with Crippen LogP contribution in [0.3, 0.4) is 0 Å². The molecule has 34 heavy (non-hydrogen) atoms. The molecule has 4 rings (SSSR count). The number of benzene rings is 3. The fraction of sp³-hybridized carbons (Fsp3) is 0.154. The highest BCUT2D eigenvalue weighted by Crippen LogP contribution is 2.43. The number of para-hydroxylation sites is 1. The number of nitrogens with zero attached hydrogens (tertiary/aromatic N) is 2. The van der Waals surface area contributed by atoms with Gasteiger partial charge in [-0.1, -0.05) is 42.5 Å². The number of hydrogen-bond donors (Lipinski definition) is 1. The predicted molar refractivity (Wildman–Crippen MR) is 127 cm³/mol. The van der Waals surface area contributed by atoms with Crippen molar-refractivity contribution in [3.63, 3.8) is 0 Å². The number of nitro benzene ring substituents is 1. The lowest BCUT2D eigenvalue weighted by molar-refractivity contribution is -0.384. The maximum atomic E-state index is 13.2. The van der Waals surface area contributed by atoms with Crippen LogP contribution in [-0.2, 0) is 9.59 Å². The van der Waals surface area contributed by atoms with Crippen LogP contribution in [0.25, 0.3) is 5.76 Å². The van der Waals surface area contributed by atoms with Crippen molar-refractivity contribution in [3.05, 3.63) is 106 Å². The van der Waals surface area contributed by atoms with Gasteiger partial charge >= 0.3 is 0 Å². The lowest BCUT2D eigenvalue weighted by atomic mass is 9.95. The number of aliphatic hydroxyl groups excluding tert-OH is 1. The molecule has 3 aromatic rings. The van der Waals surface area contributed by atoms with E-state index in [1.807, 2.05) is 13.8 Å². The van der Waals surface area contributed by atoms with Gasteiger partial charge in [0.25, 0.3) is 17.4 Å². The van der Waals surface area contributed by atoms with Gasteiger partial charge < -0.3 is 9.84 Å². The van der Waals surface area contributed by atoms with Crippen LogP contribution in [0.4, 0.5) is 11.4 Å². The van der Waals surface area contributed by atoms with E-state index in [1.165, 1.54) is 29.2 Å².